The Hall–Kier alpha value is -2.31. The summed E-state index contributed by atoms with van der Waals surface area (Å²) < 4.78 is 4.32. The van der Waals surface area contributed by atoms with Crippen LogP contribution in [0.5, 0.6) is 0 Å². The van der Waals surface area contributed by atoms with Gasteiger partial charge in [0, 0.05) is 62.6 Å². The molecule has 1 N–H and O–H groups in total. The molecule has 0 saturated carbocycles. The first-order chi connectivity index (χ1) is 13.2. The third-order valence-corrected chi connectivity index (χ3v) is 5.99. The van der Waals surface area contributed by atoms with Gasteiger partial charge in [-0.1, -0.05) is 0 Å². The van der Waals surface area contributed by atoms with Crippen molar-refractivity contribution in [2.45, 2.75) is 64.5 Å². The molecule has 1 fully saturated rings. The third-order valence-electron chi connectivity index (χ3n) is 5.99. The molecule has 7 nitrogen and oxygen atoms in total. The standard InChI is InChI=1S/C20H30N6O/c1-3-26-18(6-9-22-26)16-7-11-24(12-8-16)20(27)21-13-17-5-4-10-25-14-15(2)23-19(17)25/h6,9,14,16-17H,3-5,7-8,10-13H2,1-2H3,(H,21,27). The number of fused-ring (bicyclic) bond motifs is 1. The van der Waals surface area contributed by atoms with Crippen LogP contribution in [0.2, 0.25) is 0 Å². The highest BCUT2D eigenvalue weighted by molar-refractivity contribution is 5.74. The van der Waals surface area contributed by atoms with Gasteiger partial charge in [-0.3, -0.25) is 4.68 Å². The molecule has 2 aromatic rings. The number of imidazole rings is 1. The lowest BCUT2D eigenvalue weighted by molar-refractivity contribution is 0.179. The quantitative estimate of drug-likeness (QED) is 0.900. The largest absolute Gasteiger partial charge is 0.337 e. The second kappa shape index (κ2) is 7.74. The average molecular weight is 371 g/mol. The number of carbonyl (C=O) groups is 1. The Morgan fingerprint density at radius 1 is 1.26 bits per heavy atom. The summed E-state index contributed by atoms with van der Waals surface area (Å²) >= 11 is 0. The number of nitrogens with zero attached hydrogens (tertiary/aromatic N) is 5. The van der Waals surface area contributed by atoms with Gasteiger partial charge in [0.1, 0.15) is 5.82 Å². The van der Waals surface area contributed by atoms with Crippen LogP contribution in [-0.4, -0.2) is 49.9 Å². The number of amides is 2. The van der Waals surface area contributed by atoms with E-state index in [-0.39, 0.29) is 6.03 Å². The van der Waals surface area contributed by atoms with Crippen LogP contribution in [0.15, 0.2) is 18.5 Å². The topological polar surface area (TPSA) is 68.0 Å². The van der Waals surface area contributed by atoms with E-state index >= 15 is 0 Å². The minimum Gasteiger partial charge on any atom is -0.337 e. The molecule has 2 aliphatic heterocycles. The molecular weight excluding hydrogens is 340 g/mol. The Labute approximate surface area is 160 Å². The highest BCUT2D eigenvalue weighted by atomic mass is 16.2. The monoisotopic (exact) mass is 370 g/mol. The molecule has 2 amide bonds. The second-order valence-corrected chi connectivity index (χ2v) is 7.79. The molecule has 0 aromatic carbocycles. The first kappa shape index (κ1) is 18.1. The zero-order valence-corrected chi connectivity index (χ0v) is 16.4. The molecule has 0 spiro atoms. The van der Waals surface area contributed by atoms with E-state index in [1.54, 1.807) is 0 Å². The molecule has 2 aliphatic rings. The number of nitrogens with one attached hydrogen (secondary N) is 1. The average Bonchev–Trinajstić information content (AvgIpc) is 3.31. The van der Waals surface area contributed by atoms with Crippen LogP contribution >= 0.6 is 0 Å². The van der Waals surface area contributed by atoms with Crippen molar-refractivity contribution >= 4 is 6.03 Å². The van der Waals surface area contributed by atoms with Gasteiger partial charge in [0.15, 0.2) is 0 Å². The summed E-state index contributed by atoms with van der Waals surface area (Å²) in [6.07, 6.45) is 8.26. The van der Waals surface area contributed by atoms with Gasteiger partial charge in [-0.15, -0.1) is 0 Å². The van der Waals surface area contributed by atoms with E-state index in [2.05, 4.69) is 43.8 Å². The van der Waals surface area contributed by atoms with Gasteiger partial charge in [-0.25, -0.2) is 9.78 Å². The van der Waals surface area contributed by atoms with Crippen molar-refractivity contribution in [1.82, 2.24) is 29.5 Å². The Bertz CT molecular complexity index is 786. The first-order valence-corrected chi connectivity index (χ1v) is 10.2. The number of aryl methyl sites for hydroxylation is 3. The van der Waals surface area contributed by atoms with Crippen LogP contribution in [0.25, 0.3) is 0 Å². The van der Waals surface area contributed by atoms with Crippen LogP contribution < -0.4 is 5.32 Å². The predicted octanol–water partition coefficient (Wildman–Crippen LogP) is 2.87. The summed E-state index contributed by atoms with van der Waals surface area (Å²) in [5.41, 5.74) is 2.37. The fraction of sp³-hybridized carbons (Fsp3) is 0.650. The minimum absolute atomic E-state index is 0.0675. The second-order valence-electron chi connectivity index (χ2n) is 7.79. The fourth-order valence-corrected chi connectivity index (χ4v) is 4.56. The maximum Gasteiger partial charge on any atom is 0.317 e. The predicted molar refractivity (Wildman–Crippen MR) is 104 cm³/mol. The number of piperidine rings is 1. The van der Waals surface area contributed by atoms with E-state index in [9.17, 15) is 4.79 Å². The lowest BCUT2D eigenvalue weighted by Gasteiger charge is -2.33. The smallest absolute Gasteiger partial charge is 0.317 e. The van der Waals surface area contributed by atoms with Gasteiger partial charge >= 0.3 is 6.03 Å². The summed E-state index contributed by atoms with van der Waals surface area (Å²) in [6, 6.07) is 2.19. The van der Waals surface area contributed by atoms with Crippen LogP contribution in [0.3, 0.4) is 0 Å². The Kier molecular flexibility index (Phi) is 5.18. The van der Waals surface area contributed by atoms with Crippen LogP contribution in [0.4, 0.5) is 4.79 Å². The number of carbonyl (C=O) groups excluding carboxylic acids is 1. The molecule has 1 saturated heterocycles. The number of rotatable bonds is 4. The Balaban J connectivity index is 1.29. The lowest BCUT2D eigenvalue weighted by atomic mass is 9.93. The Morgan fingerprint density at radius 2 is 2.07 bits per heavy atom. The molecule has 1 unspecified atom stereocenters. The van der Waals surface area contributed by atoms with Crippen molar-refractivity contribution in [3.05, 3.63) is 35.7 Å². The highest BCUT2D eigenvalue weighted by Gasteiger charge is 2.27. The molecule has 0 aliphatic carbocycles. The number of hydrogen-bond acceptors (Lipinski definition) is 3. The van der Waals surface area contributed by atoms with Crippen molar-refractivity contribution in [2.75, 3.05) is 19.6 Å². The normalized spacial score (nSPS) is 20.5. The third kappa shape index (κ3) is 3.73. The van der Waals surface area contributed by atoms with Crippen molar-refractivity contribution < 1.29 is 4.79 Å². The van der Waals surface area contributed by atoms with Crippen molar-refractivity contribution in [2.24, 2.45) is 0 Å². The number of urea groups is 1. The highest BCUT2D eigenvalue weighted by Crippen LogP contribution is 2.28. The maximum atomic E-state index is 12.6. The SMILES string of the molecule is CCn1nccc1C1CCN(C(=O)NCC2CCCn3cc(C)nc32)CC1. The van der Waals surface area contributed by atoms with Crippen LogP contribution in [0.1, 0.15) is 61.7 Å². The van der Waals surface area contributed by atoms with Crippen molar-refractivity contribution in [1.29, 1.82) is 0 Å². The fourth-order valence-electron chi connectivity index (χ4n) is 4.56. The van der Waals surface area contributed by atoms with E-state index in [0.29, 0.717) is 18.4 Å². The molecule has 7 heteroatoms. The van der Waals surface area contributed by atoms with Crippen LogP contribution in [0, 0.1) is 6.92 Å². The summed E-state index contributed by atoms with van der Waals surface area (Å²) in [5, 5.41) is 7.54. The molecule has 2 aromatic heterocycles. The van der Waals surface area contributed by atoms with E-state index in [4.69, 9.17) is 0 Å². The summed E-state index contributed by atoms with van der Waals surface area (Å²) in [4.78, 5) is 19.3. The van der Waals surface area contributed by atoms with Crippen molar-refractivity contribution in [3.63, 3.8) is 0 Å². The van der Waals surface area contributed by atoms with Gasteiger partial charge < -0.3 is 14.8 Å². The van der Waals surface area contributed by atoms with Crippen LogP contribution in [-0.2, 0) is 13.1 Å². The molecule has 4 rings (SSSR count). The molecule has 1 atom stereocenters. The molecule has 27 heavy (non-hydrogen) atoms. The van der Waals surface area contributed by atoms with E-state index in [1.165, 1.54) is 5.69 Å². The molecule has 4 heterocycles. The van der Waals surface area contributed by atoms with Gasteiger partial charge in [-0.2, -0.15) is 5.10 Å². The lowest BCUT2D eigenvalue weighted by Crippen LogP contribution is -2.45. The molecule has 0 bridgehead atoms. The minimum atomic E-state index is 0.0675. The number of aromatic nitrogens is 4. The summed E-state index contributed by atoms with van der Waals surface area (Å²) in [6.45, 7) is 8.40. The molecule has 0 radical (unpaired) electrons. The summed E-state index contributed by atoms with van der Waals surface area (Å²) in [7, 11) is 0. The Morgan fingerprint density at radius 3 is 2.85 bits per heavy atom. The van der Waals surface area contributed by atoms with Gasteiger partial charge in [0.05, 0.1) is 5.69 Å². The molecular formula is C20H30N6O. The zero-order chi connectivity index (χ0) is 18.8. The maximum absolute atomic E-state index is 12.6. The van der Waals surface area contributed by atoms with Gasteiger partial charge in [0.2, 0.25) is 0 Å². The van der Waals surface area contributed by atoms with E-state index in [1.807, 2.05) is 18.0 Å². The zero-order valence-electron chi connectivity index (χ0n) is 16.4. The van der Waals surface area contributed by atoms with Gasteiger partial charge in [0.25, 0.3) is 0 Å². The van der Waals surface area contributed by atoms with E-state index < -0.39 is 0 Å². The van der Waals surface area contributed by atoms with Crippen molar-refractivity contribution in [3.8, 4) is 0 Å². The van der Waals surface area contributed by atoms with E-state index in [0.717, 1.165) is 63.4 Å². The summed E-state index contributed by atoms with van der Waals surface area (Å²) in [5.74, 6) is 1.96. The number of likely N-dealkylation sites (tertiary alicyclic amines) is 1. The molecule has 146 valence electrons. The number of hydrogen-bond donors (Lipinski definition) is 1. The van der Waals surface area contributed by atoms with Gasteiger partial charge in [-0.05, 0) is 45.6 Å². The first-order valence-electron chi connectivity index (χ1n) is 10.2.